The van der Waals surface area contributed by atoms with Gasteiger partial charge in [-0.3, -0.25) is 0 Å². The van der Waals surface area contributed by atoms with Crippen LogP contribution in [0.25, 0.3) is 0 Å². The van der Waals surface area contributed by atoms with Crippen LogP contribution < -0.4 is 0 Å². The van der Waals surface area contributed by atoms with Crippen molar-refractivity contribution < 1.29 is 22.7 Å². The standard InChI is InChI=1S/C6H7BrF4O/c7-6(10,11)5(8,9)3-1-2-4-12/h1,3,12H,2,4H2. The van der Waals surface area contributed by atoms with Crippen molar-refractivity contribution >= 4 is 15.9 Å². The van der Waals surface area contributed by atoms with E-state index in [4.69, 9.17) is 5.11 Å². The Morgan fingerprint density at radius 1 is 1.25 bits per heavy atom. The molecule has 0 aliphatic heterocycles. The molecular formula is C6H7BrF4O. The molecular weight excluding hydrogens is 244 g/mol. The van der Waals surface area contributed by atoms with Crippen molar-refractivity contribution in [3.05, 3.63) is 12.2 Å². The predicted molar refractivity (Wildman–Crippen MR) is 39.7 cm³/mol. The number of aliphatic hydroxyl groups is 1. The maximum Gasteiger partial charge on any atom is 0.367 e. The van der Waals surface area contributed by atoms with Crippen LogP contribution in [-0.4, -0.2) is 22.5 Å². The molecule has 6 heteroatoms. The van der Waals surface area contributed by atoms with Crippen molar-refractivity contribution in [1.29, 1.82) is 0 Å². The van der Waals surface area contributed by atoms with Crippen molar-refractivity contribution in [1.82, 2.24) is 0 Å². The van der Waals surface area contributed by atoms with Crippen LogP contribution in [0.2, 0.25) is 0 Å². The van der Waals surface area contributed by atoms with Crippen molar-refractivity contribution in [3.8, 4) is 0 Å². The van der Waals surface area contributed by atoms with Crippen LogP contribution in [0, 0.1) is 0 Å². The summed E-state index contributed by atoms with van der Waals surface area (Å²) in [5, 5.41) is 8.17. The number of alkyl halides is 5. The average molecular weight is 251 g/mol. The van der Waals surface area contributed by atoms with Gasteiger partial charge in [0.2, 0.25) is 0 Å². The lowest BCUT2D eigenvalue weighted by molar-refractivity contribution is -0.111. The van der Waals surface area contributed by atoms with E-state index in [1.807, 2.05) is 0 Å². The summed E-state index contributed by atoms with van der Waals surface area (Å²) in [5.41, 5.74) is 0. The Hall–Kier alpha value is -0.100. The fourth-order valence-corrected chi connectivity index (χ4v) is 0.533. The minimum atomic E-state index is -4.24. The Morgan fingerprint density at radius 3 is 2.08 bits per heavy atom. The van der Waals surface area contributed by atoms with Gasteiger partial charge in [-0.2, -0.15) is 17.6 Å². The summed E-state index contributed by atoms with van der Waals surface area (Å²) in [6, 6.07) is 0. The fourth-order valence-electron chi connectivity index (χ4n) is 0.400. The van der Waals surface area contributed by atoms with E-state index in [0.717, 1.165) is 6.08 Å². The van der Waals surface area contributed by atoms with Crippen molar-refractivity contribution in [2.24, 2.45) is 0 Å². The first-order valence-corrected chi connectivity index (χ1v) is 3.83. The quantitative estimate of drug-likeness (QED) is 0.462. The van der Waals surface area contributed by atoms with Gasteiger partial charge in [-0.25, -0.2) is 0 Å². The number of hydrogen-bond acceptors (Lipinski definition) is 1. The maximum atomic E-state index is 12.3. The van der Waals surface area contributed by atoms with E-state index >= 15 is 0 Å². The lowest BCUT2D eigenvalue weighted by Crippen LogP contribution is -2.32. The predicted octanol–water partition coefficient (Wildman–Crippen LogP) is 2.55. The number of aliphatic hydroxyl groups excluding tert-OH is 1. The van der Waals surface area contributed by atoms with Crippen LogP contribution in [0.1, 0.15) is 6.42 Å². The van der Waals surface area contributed by atoms with Crippen molar-refractivity contribution in [3.63, 3.8) is 0 Å². The number of rotatable bonds is 4. The maximum absolute atomic E-state index is 12.3. The molecule has 0 aromatic rings. The smallest absolute Gasteiger partial charge is 0.367 e. The van der Waals surface area contributed by atoms with Gasteiger partial charge in [0, 0.05) is 6.61 Å². The van der Waals surface area contributed by atoms with E-state index in [2.05, 4.69) is 0 Å². The molecule has 0 aliphatic carbocycles. The van der Waals surface area contributed by atoms with Gasteiger partial charge in [0.25, 0.3) is 0 Å². The Morgan fingerprint density at radius 2 is 1.75 bits per heavy atom. The third-order valence-electron chi connectivity index (χ3n) is 1.00. The highest BCUT2D eigenvalue weighted by atomic mass is 79.9. The van der Waals surface area contributed by atoms with Crippen molar-refractivity contribution in [2.75, 3.05) is 6.61 Å². The zero-order valence-electron chi connectivity index (χ0n) is 5.91. The van der Waals surface area contributed by atoms with Crippen LogP contribution in [-0.2, 0) is 0 Å². The second-order valence-electron chi connectivity index (χ2n) is 2.04. The second kappa shape index (κ2) is 4.23. The van der Waals surface area contributed by atoms with E-state index in [1.165, 1.54) is 0 Å². The van der Waals surface area contributed by atoms with E-state index in [0.29, 0.717) is 0 Å². The first-order valence-electron chi connectivity index (χ1n) is 3.04. The molecule has 12 heavy (non-hydrogen) atoms. The largest absolute Gasteiger partial charge is 0.396 e. The topological polar surface area (TPSA) is 20.2 Å². The molecule has 0 bridgehead atoms. The molecule has 0 aliphatic rings. The zero-order valence-corrected chi connectivity index (χ0v) is 7.49. The Bertz CT molecular complexity index is 163. The molecule has 0 radical (unpaired) electrons. The molecule has 0 fully saturated rings. The highest BCUT2D eigenvalue weighted by molar-refractivity contribution is 9.10. The zero-order chi connectivity index (χ0) is 9.83. The minimum absolute atomic E-state index is 0.0674. The number of allylic oxidation sites excluding steroid dienone is 1. The summed E-state index contributed by atoms with van der Waals surface area (Å²) in [4.78, 5) is -4.24. The fraction of sp³-hybridized carbons (Fsp3) is 0.667. The highest BCUT2D eigenvalue weighted by Gasteiger charge is 2.51. The number of halogens is 5. The lowest BCUT2D eigenvalue weighted by atomic mass is 10.3. The van der Waals surface area contributed by atoms with E-state index in [-0.39, 0.29) is 19.1 Å². The molecule has 0 aromatic heterocycles. The van der Waals surface area contributed by atoms with Gasteiger partial charge in [0.05, 0.1) is 0 Å². The summed E-state index contributed by atoms with van der Waals surface area (Å²) in [6.45, 7) is -0.347. The Kier molecular flexibility index (Phi) is 4.19. The second-order valence-corrected chi connectivity index (χ2v) is 3.03. The summed E-state index contributed by atoms with van der Waals surface area (Å²) >= 11 is 1.56. The summed E-state index contributed by atoms with van der Waals surface area (Å²) in [6.07, 6.45) is 0.797. The molecule has 72 valence electrons. The molecule has 0 aromatic carbocycles. The summed E-state index contributed by atoms with van der Waals surface area (Å²) in [5.74, 6) is -4.22. The molecule has 0 rings (SSSR count). The van der Waals surface area contributed by atoms with Gasteiger partial charge in [-0.15, -0.1) is 0 Å². The average Bonchev–Trinajstić information content (AvgIpc) is 1.85. The van der Waals surface area contributed by atoms with Gasteiger partial charge in [0.1, 0.15) is 0 Å². The van der Waals surface area contributed by atoms with Crippen LogP contribution in [0.4, 0.5) is 17.6 Å². The lowest BCUT2D eigenvalue weighted by Gasteiger charge is -2.17. The first kappa shape index (κ1) is 11.9. The SMILES string of the molecule is OCCC=CC(F)(F)C(F)(F)Br. The van der Waals surface area contributed by atoms with Crippen molar-refractivity contribution in [2.45, 2.75) is 17.2 Å². The van der Waals surface area contributed by atoms with E-state index in [1.54, 1.807) is 15.9 Å². The van der Waals surface area contributed by atoms with Crippen LogP contribution in [0.5, 0.6) is 0 Å². The van der Waals surface area contributed by atoms with Gasteiger partial charge in [-0.05, 0) is 28.4 Å². The van der Waals surface area contributed by atoms with E-state index < -0.39 is 10.8 Å². The normalized spacial score (nSPS) is 14.2. The molecule has 0 saturated heterocycles. The van der Waals surface area contributed by atoms with Gasteiger partial charge < -0.3 is 5.11 Å². The molecule has 0 amide bonds. The Labute approximate surface area is 75.2 Å². The molecule has 0 unspecified atom stereocenters. The third kappa shape index (κ3) is 3.53. The first-order chi connectivity index (χ1) is 5.31. The molecule has 1 N–H and O–H groups in total. The van der Waals surface area contributed by atoms with Gasteiger partial charge in [0.15, 0.2) is 0 Å². The molecule has 0 atom stereocenters. The third-order valence-corrected chi connectivity index (χ3v) is 1.53. The highest BCUT2D eigenvalue weighted by Crippen LogP contribution is 2.40. The Balaban J connectivity index is 4.22. The molecule has 1 nitrogen and oxygen atoms in total. The number of hydrogen-bond donors (Lipinski definition) is 1. The van der Waals surface area contributed by atoms with E-state index in [9.17, 15) is 17.6 Å². The van der Waals surface area contributed by atoms with Gasteiger partial charge >= 0.3 is 10.8 Å². The minimum Gasteiger partial charge on any atom is -0.396 e. The molecule has 0 heterocycles. The molecule has 0 spiro atoms. The van der Waals surface area contributed by atoms with Crippen LogP contribution in [0.3, 0.4) is 0 Å². The summed E-state index contributed by atoms with van der Waals surface area (Å²) in [7, 11) is 0. The van der Waals surface area contributed by atoms with Crippen LogP contribution in [0.15, 0.2) is 12.2 Å². The molecule has 0 saturated carbocycles. The van der Waals surface area contributed by atoms with Crippen LogP contribution >= 0.6 is 15.9 Å². The summed E-state index contributed by atoms with van der Waals surface area (Å²) < 4.78 is 48.5. The van der Waals surface area contributed by atoms with Gasteiger partial charge in [-0.1, -0.05) is 6.08 Å². The monoisotopic (exact) mass is 250 g/mol.